The molecule has 0 aliphatic heterocycles. The molecule has 0 fully saturated rings. The van der Waals surface area contributed by atoms with E-state index < -0.39 is 28.4 Å². The number of ether oxygens (including phenoxy) is 1. The van der Waals surface area contributed by atoms with Crippen molar-refractivity contribution < 1.29 is 27.5 Å². The van der Waals surface area contributed by atoms with E-state index in [2.05, 4.69) is 10.0 Å². The van der Waals surface area contributed by atoms with Crippen molar-refractivity contribution in [3.8, 4) is 0 Å². The van der Waals surface area contributed by atoms with Gasteiger partial charge in [0, 0.05) is 24.2 Å². The van der Waals surface area contributed by atoms with Crippen molar-refractivity contribution in [3.63, 3.8) is 0 Å². The summed E-state index contributed by atoms with van der Waals surface area (Å²) in [5.74, 6) is -1.47. The number of amides is 1. The SMILES string of the molecule is CC(=O)Nc1ccc(C(=O)COC(=O)c2cccc(S(=O)(=O)NC(C)C)c2)cc1. The number of Topliss-reactive ketones (excluding diaryl/α,β-unsaturated/α-hetero) is 1. The van der Waals surface area contributed by atoms with Crippen molar-refractivity contribution in [2.24, 2.45) is 0 Å². The summed E-state index contributed by atoms with van der Waals surface area (Å²) in [5, 5.41) is 2.58. The van der Waals surface area contributed by atoms with E-state index in [0.717, 1.165) is 0 Å². The highest BCUT2D eigenvalue weighted by Crippen LogP contribution is 2.14. The van der Waals surface area contributed by atoms with Crippen LogP contribution in [-0.4, -0.2) is 38.7 Å². The molecule has 0 aliphatic rings. The zero-order chi connectivity index (χ0) is 21.6. The highest BCUT2D eigenvalue weighted by atomic mass is 32.2. The van der Waals surface area contributed by atoms with Crippen LogP contribution >= 0.6 is 0 Å². The molecule has 0 bridgehead atoms. The Balaban J connectivity index is 2.03. The molecule has 2 aromatic carbocycles. The summed E-state index contributed by atoms with van der Waals surface area (Å²) in [5.41, 5.74) is 0.869. The Hall–Kier alpha value is -3.04. The number of benzene rings is 2. The van der Waals surface area contributed by atoms with E-state index >= 15 is 0 Å². The van der Waals surface area contributed by atoms with Gasteiger partial charge in [-0.3, -0.25) is 9.59 Å². The zero-order valence-electron chi connectivity index (χ0n) is 16.3. The number of carbonyl (C=O) groups is 3. The van der Waals surface area contributed by atoms with Crippen molar-refractivity contribution in [1.82, 2.24) is 4.72 Å². The molecular formula is C20H22N2O6S. The molecule has 0 spiro atoms. The van der Waals surface area contributed by atoms with E-state index in [-0.39, 0.29) is 22.4 Å². The van der Waals surface area contributed by atoms with Gasteiger partial charge in [0.15, 0.2) is 12.4 Å². The Kier molecular flexibility index (Phi) is 7.24. The topological polar surface area (TPSA) is 119 Å². The van der Waals surface area contributed by atoms with Gasteiger partial charge in [0.2, 0.25) is 15.9 Å². The maximum atomic E-state index is 12.2. The molecule has 2 aromatic rings. The van der Waals surface area contributed by atoms with E-state index in [1.165, 1.54) is 43.3 Å². The Labute approximate surface area is 169 Å². The summed E-state index contributed by atoms with van der Waals surface area (Å²) >= 11 is 0. The van der Waals surface area contributed by atoms with Crippen LogP contribution < -0.4 is 10.0 Å². The molecule has 0 aromatic heterocycles. The maximum absolute atomic E-state index is 12.2. The predicted octanol–water partition coefficient (Wildman–Crippen LogP) is 2.37. The molecule has 0 unspecified atom stereocenters. The lowest BCUT2D eigenvalue weighted by molar-refractivity contribution is -0.114. The van der Waals surface area contributed by atoms with Gasteiger partial charge >= 0.3 is 5.97 Å². The number of hydrogen-bond acceptors (Lipinski definition) is 6. The van der Waals surface area contributed by atoms with Crippen LogP contribution in [0.25, 0.3) is 0 Å². The molecule has 0 saturated heterocycles. The Morgan fingerprint density at radius 3 is 2.24 bits per heavy atom. The average molecular weight is 418 g/mol. The largest absolute Gasteiger partial charge is 0.454 e. The first-order valence-corrected chi connectivity index (χ1v) is 10.3. The number of carbonyl (C=O) groups excluding carboxylic acids is 3. The highest BCUT2D eigenvalue weighted by molar-refractivity contribution is 7.89. The lowest BCUT2D eigenvalue weighted by Crippen LogP contribution is -2.30. The first-order chi connectivity index (χ1) is 13.6. The molecule has 9 heteroatoms. The Bertz CT molecular complexity index is 1010. The lowest BCUT2D eigenvalue weighted by atomic mass is 10.1. The van der Waals surface area contributed by atoms with Crippen molar-refractivity contribution in [2.45, 2.75) is 31.7 Å². The lowest BCUT2D eigenvalue weighted by Gasteiger charge is -2.10. The molecule has 1 amide bonds. The fourth-order valence-electron chi connectivity index (χ4n) is 2.41. The number of hydrogen-bond donors (Lipinski definition) is 2. The van der Waals surface area contributed by atoms with Crippen LogP contribution in [0.5, 0.6) is 0 Å². The first-order valence-electron chi connectivity index (χ1n) is 8.79. The predicted molar refractivity (Wildman–Crippen MR) is 107 cm³/mol. The standard InChI is InChI=1S/C20H22N2O6S/c1-13(2)22-29(26,27)18-6-4-5-16(11-18)20(25)28-12-19(24)15-7-9-17(10-8-15)21-14(3)23/h4-11,13,22H,12H2,1-3H3,(H,21,23). The second-order valence-electron chi connectivity index (χ2n) is 6.56. The van der Waals surface area contributed by atoms with Gasteiger partial charge in [0.1, 0.15) is 0 Å². The summed E-state index contributed by atoms with van der Waals surface area (Å²) in [6, 6.07) is 11.2. The quantitative estimate of drug-likeness (QED) is 0.502. The summed E-state index contributed by atoms with van der Waals surface area (Å²) < 4.78 is 31.9. The third-order valence-corrected chi connectivity index (χ3v) is 5.29. The summed E-state index contributed by atoms with van der Waals surface area (Å²) in [7, 11) is -3.76. The first kappa shape index (κ1) is 22.3. The van der Waals surface area contributed by atoms with Crippen LogP contribution in [0.2, 0.25) is 0 Å². The number of rotatable bonds is 8. The molecule has 2 rings (SSSR count). The monoisotopic (exact) mass is 418 g/mol. The van der Waals surface area contributed by atoms with Gasteiger partial charge in [-0.2, -0.15) is 0 Å². The molecule has 0 aliphatic carbocycles. The smallest absolute Gasteiger partial charge is 0.338 e. The van der Waals surface area contributed by atoms with Crippen molar-refractivity contribution in [1.29, 1.82) is 0 Å². The van der Waals surface area contributed by atoms with Crippen molar-refractivity contribution in [3.05, 3.63) is 59.7 Å². The number of anilines is 1. The van der Waals surface area contributed by atoms with Crippen LogP contribution in [0.3, 0.4) is 0 Å². The van der Waals surface area contributed by atoms with Gasteiger partial charge in [0.05, 0.1) is 10.5 Å². The van der Waals surface area contributed by atoms with Gasteiger partial charge in [-0.25, -0.2) is 17.9 Å². The number of ketones is 1. The molecule has 0 saturated carbocycles. The fourth-order valence-corrected chi connectivity index (χ4v) is 3.71. The van der Waals surface area contributed by atoms with E-state index in [9.17, 15) is 22.8 Å². The van der Waals surface area contributed by atoms with Gasteiger partial charge < -0.3 is 10.1 Å². The molecule has 0 atom stereocenters. The van der Waals surface area contributed by atoms with Gasteiger partial charge in [-0.15, -0.1) is 0 Å². The van der Waals surface area contributed by atoms with Crippen molar-refractivity contribution in [2.75, 3.05) is 11.9 Å². The molecule has 8 nitrogen and oxygen atoms in total. The number of esters is 1. The third-order valence-electron chi connectivity index (χ3n) is 3.63. The molecule has 29 heavy (non-hydrogen) atoms. The number of sulfonamides is 1. The van der Waals surface area contributed by atoms with Crippen LogP contribution in [0.1, 0.15) is 41.5 Å². The van der Waals surface area contributed by atoms with Crippen LogP contribution in [0.4, 0.5) is 5.69 Å². The van der Waals surface area contributed by atoms with E-state index in [1.54, 1.807) is 26.0 Å². The molecule has 2 N–H and O–H groups in total. The van der Waals surface area contributed by atoms with Crippen LogP contribution in [0.15, 0.2) is 53.4 Å². The summed E-state index contributed by atoms with van der Waals surface area (Å²) in [4.78, 5) is 35.3. The van der Waals surface area contributed by atoms with E-state index in [1.807, 2.05) is 0 Å². The second kappa shape index (κ2) is 9.44. The van der Waals surface area contributed by atoms with Gasteiger partial charge in [-0.1, -0.05) is 6.07 Å². The van der Waals surface area contributed by atoms with Gasteiger partial charge in [-0.05, 0) is 56.3 Å². The minimum absolute atomic E-state index is 0.0189. The van der Waals surface area contributed by atoms with Crippen LogP contribution in [-0.2, 0) is 19.6 Å². The average Bonchev–Trinajstić information content (AvgIpc) is 2.65. The summed E-state index contributed by atoms with van der Waals surface area (Å²) in [6.07, 6.45) is 0. The highest BCUT2D eigenvalue weighted by Gasteiger charge is 2.18. The zero-order valence-corrected chi connectivity index (χ0v) is 17.1. The normalized spacial score (nSPS) is 11.2. The van der Waals surface area contributed by atoms with Crippen molar-refractivity contribution >= 4 is 33.4 Å². The number of nitrogens with one attached hydrogen (secondary N) is 2. The molecule has 0 heterocycles. The van der Waals surface area contributed by atoms with E-state index in [0.29, 0.717) is 11.3 Å². The van der Waals surface area contributed by atoms with Gasteiger partial charge in [0.25, 0.3) is 0 Å². The van der Waals surface area contributed by atoms with E-state index in [4.69, 9.17) is 4.74 Å². The second-order valence-corrected chi connectivity index (χ2v) is 8.28. The molecular weight excluding hydrogens is 396 g/mol. The molecule has 154 valence electrons. The third kappa shape index (κ3) is 6.51. The Morgan fingerprint density at radius 2 is 1.66 bits per heavy atom. The van der Waals surface area contributed by atoms with Crippen LogP contribution in [0, 0.1) is 0 Å². The minimum Gasteiger partial charge on any atom is -0.454 e. The minimum atomic E-state index is -3.76. The fraction of sp³-hybridized carbons (Fsp3) is 0.250. The Morgan fingerprint density at radius 1 is 1.00 bits per heavy atom. The summed E-state index contributed by atoms with van der Waals surface area (Å²) in [6.45, 7) is 4.24. The molecule has 0 radical (unpaired) electrons. The maximum Gasteiger partial charge on any atom is 0.338 e.